The van der Waals surface area contributed by atoms with E-state index in [-0.39, 0.29) is 10.6 Å². The maximum atomic E-state index is 10.7. The highest BCUT2D eigenvalue weighted by Gasteiger charge is 2.18. The molecule has 0 saturated heterocycles. The van der Waals surface area contributed by atoms with Crippen molar-refractivity contribution in [1.29, 1.82) is 0 Å². The van der Waals surface area contributed by atoms with Crippen molar-refractivity contribution < 1.29 is 9.49 Å². The Bertz CT molecular complexity index is 533. The zero-order valence-corrected chi connectivity index (χ0v) is 9.37. The van der Waals surface area contributed by atoms with Crippen LogP contribution < -0.4 is 4.57 Å². The van der Waals surface area contributed by atoms with Gasteiger partial charge in [0, 0.05) is 13.0 Å². The van der Waals surface area contributed by atoms with Gasteiger partial charge in [0.25, 0.3) is 5.69 Å². The summed E-state index contributed by atoms with van der Waals surface area (Å²) in [6.07, 6.45) is 0. The first-order valence-electron chi connectivity index (χ1n) is 4.71. The number of rotatable bonds is 2. The van der Waals surface area contributed by atoms with E-state index in [4.69, 9.17) is 0 Å². The number of fused-ring (bicyclic) bond motifs is 1. The summed E-state index contributed by atoms with van der Waals surface area (Å²) in [5.74, 6) is 0. The molecule has 0 aliphatic carbocycles. The van der Waals surface area contributed by atoms with Gasteiger partial charge in [-0.3, -0.25) is 10.1 Å². The Morgan fingerprint density at radius 1 is 1.53 bits per heavy atom. The molecule has 4 nitrogen and oxygen atoms in total. The minimum Gasteiger partial charge on any atom is -0.258 e. The van der Waals surface area contributed by atoms with Gasteiger partial charge in [0.05, 0.1) is 11.0 Å². The molecular weight excluding hydrogens is 212 g/mol. The number of nitrogens with zero attached hydrogens (tertiary/aromatic N) is 2. The standard InChI is InChI=1S/C10H11N2O2S/c1-3-11-7(2)15-10-5-4-8(12(13)14)6-9(10)11/h4-6H,3H2,1-2H3/q+1. The zero-order chi connectivity index (χ0) is 11.0. The van der Waals surface area contributed by atoms with Crippen molar-refractivity contribution in [3.05, 3.63) is 33.3 Å². The van der Waals surface area contributed by atoms with E-state index in [9.17, 15) is 10.1 Å². The molecule has 0 radical (unpaired) electrons. The van der Waals surface area contributed by atoms with Crippen molar-refractivity contribution in [2.75, 3.05) is 0 Å². The minimum atomic E-state index is -0.355. The van der Waals surface area contributed by atoms with Gasteiger partial charge in [-0.2, -0.15) is 4.57 Å². The second kappa shape index (κ2) is 3.58. The third-order valence-corrected chi connectivity index (χ3v) is 3.48. The quantitative estimate of drug-likeness (QED) is 0.446. The van der Waals surface area contributed by atoms with Crippen molar-refractivity contribution in [3.63, 3.8) is 0 Å². The summed E-state index contributed by atoms with van der Waals surface area (Å²) >= 11 is 1.66. The molecule has 0 N–H and O–H groups in total. The number of non-ortho nitro benzene ring substituents is 1. The van der Waals surface area contributed by atoms with Gasteiger partial charge in [-0.25, -0.2) is 0 Å². The summed E-state index contributed by atoms with van der Waals surface area (Å²) in [6, 6.07) is 5.01. The number of aryl methyl sites for hydroxylation is 2. The monoisotopic (exact) mass is 223 g/mol. The molecule has 0 amide bonds. The molecule has 1 aromatic heterocycles. The molecule has 0 spiro atoms. The minimum absolute atomic E-state index is 0.155. The number of benzene rings is 1. The van der Waals surface area contributed by atoms with Crippen molar-refractivity contribution in [2.24, 2.45) is 0 Å². The number of nitro benzene ring substituents is 1. The van der Waals surface area contributed by atoms with E-state index >= 15 is 0 Å². The number of hydrogen-bond donors (Lipinski definition) is 0. The Kier molecular flexibility index (Phi) is 2.40. The second-order valence-electron chi connectivity index (χ2n) is 3.27. The van der Waals surface area contributed by atoms with E-state index in [1.54, 1.807) is 23.5 Å². The molecule has 0 bridgehead atoms. The third-order valence-electron chi connectivity index (χ3n) is 2.40. The van der Waals surface area contributed by atoms with Crippen LogP contribution in [0.2, 0.25) is 0 Å². The van der Waals surface area contributed by atoms with Crippen LogP contribution >= 0.6 is 11.3 Å². The summed E-state index contributed by atoms with van der Waals surface area (Å²) < 4.78 is 3.19. The molecular formula is C10H11N2O2S+. The van der Waals surface area contributed by atoms with Crippen LogP contribution in [0.1, 0.15) is 11.9 Å². The molecule has 0 aliphatic heterocycles. The highest BCUT2D eigenvalue weighted by Crippen LogP contribution is 2.24. The number of aromatic nitrogens is 1. The van der Waals surface area contributed by atoms with E-state index in [2.05, 4.69) is 4.57 Å². The summed E-state index contributed by atoms with van der Waals surface area (Å²) in [5, 5.41) is 11.8. The topological polar surface area (TPSA) is 47.0 Å². The fourth-order valence-corrected chi connectivity index (χ4v) is 2.76. The van der Waals surface area contributed by atoms with Gasteiger partial charge >= 0.3 is 0 Å². The molecule has 15 heavy (non-hydrogen) atoms. The smallest absolute Gasteiger partial charge is 0.258 e. The summed E-state index contributed by atoms with van der Waals surface area (Å²) in [7, 11) is 0. The highest BCUT2D eigenvalue weighted by molar-refractivity contribution is 7.18. The summed E-state index contributed by atoms with van der Waals surface area (Å²) in [5.41, 5.74) is 1.11. The van der Waals surface area contributed by atoms with Crippen LogP contribution in [0.3, 0.4) is 0 Å². The number of hydrogen-bond acceptors (Lipinski definition) is 3. The van der Waals surface area contributed by atoms with Gasteiger partial charge in [0.15, 0.2) is 0 Å². The lowest BCUT2D eigenvalue weighted by Crippen LogP contribution is -2.33. The van der Waals surface area contributed by atoms with Gasteiger partial charge in [-0.1, -0.05) is 11.3 Å². The Morgan fingerprint density at radius 3 is 2.87 bits per heavy atom. The number of nitro groups is 1. The zero-order valence-electron chi connectivity index (χ0n) is 8.56. The lowest BCUT2D eigenvalue weighted by molar-refractivity contribution is -0.669. The van der Waals surface area contributed by atoms with E-state index in [0.29, 0.717) is 0 Å². The first kappa shape index (κ1) is 10.0. The van der Waals surface area contributed by atoms with Crippen LogP contribution in [0.4, 0.5) is 5.69 Å². The van der Waals surface area contributed by atoms with E-state index in [1.807, 2.05) is 19.9 Å². The average Bonchev–Trinajstić information content (AvgIpc) is 2.51. The third kappa shape index (κ3) is 1.59. The van der Waals surface area contributed by atoms with Crippen molar-refractivity contribution in [3.8, 4) is 0 Å². The Hall–Kier alpha value is -1.49. The maximum Gasteiger partial charge on any atom is 0.276 e. The normalized spacial score (nSPS) is 10.8. The van der Waals surface area contributed by atoms with Crippen LogP contribution in [0.15, 0.2) is 18.2 Å². The van der Waals surface area contributed by atoms with Gasteiger partial charge in [0.1, 0.15) is 11.2 Å². The molecule has 1 aromatic carbocycles. The lowest BCUT2D eigenvalue weighted by atomic mass is 10.3. The molecule has 78 valence electrons. The molecule has 2 rings (SSSR count). The van der Waals surface area contributed by atoms with E-state index < -0.39 is 0 Å². The van der Waals surface area contributed by atoms with Crippen molar-refractivity contribution in [1.82, 2.24) is 0 Å². The van der Waals surface area contributed by atoms with Gasteiger partial charge in [0.2, 0.25) is 10.5 Å². The molecule has 0 saturated carbocycles. The fraction of sp³-hybridized carbons (Fsp3) is 0.300. The van der Waals surface area contributed by atoms with Crippen molar-refractivity contribution in [2.45, 2.75) is 20.4 Å². The molecule has 2 aromatic rings. The first-order valence-corrected chi connectivity index (χ1v) is 5.52. The molecule has 0 atom stereocenters. The maximum absolute atomic E-state index is 10.7. The summed E-state index contributed by atoms with van der Waals surface area (Å²) in [4.78, 5) is 10.3. The SMILES string of the molecule is CC[n+]1c(C)sc2ccc([N+](=O)[O-])cc21. The Labute approximate surface area is 90.9 Å². The van der Waals surface area contributed by atoms with Crippen molar-refractivity contribution >= 4 is 27.2 Å². The predicted octanol–water partition coefficient (Wildman–Crippen LogP) is 2.43. The van der Waals surface area contributed by atoms with Crippen LogP contribution in [-0.4, -0.2) is 4.92 Å². The number of thiazole rings is 1. The predicted molar refractivity (Wildman–Crippen MR) is 59.1 cm³/mol. The van der Waals surface area contributed by atoms with E-state index in [1.165, 1.54) is 5.01 Å². The average molecular weight is 223 g/mol. The molecule has 1 heterocycles. The Morgan fingerprint density at radius 2 is 2.27 bits per heavy atom. The van der Waals surface area contributed by atoms with E-state index in [0.717, 1.165) is 16.8 Å². The van der Waals surface area contributed by atoms with Crippen LogP contribution in [0.5, 0.6) is 0 Å². The van der Waals surface area contributed by atoms with Crippen LogP contribution in [0, 0.1) is 17.0 Å². The Balaban J connectivity index is 2.73. The molecule has 0 unspecified atom stereocenters. The van der Waals surface area contributed by atoms with Gasteiger partial charge < -0.3 is 0 Å². The first-order chi connectivity index (χ1) is 7.13. The van der Waals surface area contributed by atoms with Gasteiger partial charge in [-0.15, -0.1) is 0 Å². The molecule has 5 heteroatoms. The van der Waals surface area contributed by atoms with Crippen LogP contribution in [-0.2, 0) is 6.54 Å². The second-order valence-corrected chi connectivity index (χ2v) is 4.51. The van der Waals surface area contributed by atoms with Crippen LogP contribution in [0.25, 0.3) is 10.2 Å². The molecule has 0 aliphatic rings. The molecule has 0 fully saturated rings. The highest BCUT2D eigenvalue weighted by atomic mass is 32.1. The lowest BCUT2D eigenvalue weighted by Gasteiger charge is -1.91. The summed E-state index contributed by atoms with van der Waals surface area (Å²) in [6.45, 7) is 4.91. The van der Waals surface area contributed by atoms with Gasteiger partial charge in [-0.05, 0) is 13.0 Å². The largest absolute Gasteiger partial charge is 0.276 e. The fourth-order valence-electron chi connectivity index (χ4n) is 1.69.